The molecule has 1 aromatic carbocycles. The number of hydrogen-bond acceptors (Lipinski definition) is 5. The molecule has 1 heterocycles. The van der Waals surface area contributed by atoms with Gasteiger partial charge in [-0.25, -0.2) is 16.8 Å². The number of hydrogen-bond donors (Lipinski definition) is 1. The van der Waals surface area contributed by atoms with E-state index in [-0.39, 0.29) is 13.0 Å². The van der Waals surface area contributed by atoms with E-state index >= 15 is 0 Å². The SMILES string of the molecule is CC1(S(=O)(=O)c2cccc(C(F)(F)F)c2)C(C[SH](=O)=O)CCOC1Cl. The fourth-order valence-corrected chi connectivity index (χ4v) is 6.50. The molecule has 142 valence electrons. The first-order chi connectivity index (χ1) is 11.4. The Balaban J connectivity index is 2.58. The summed E-state index contributed by atoms with van der Waals surface area (Å²) in [6.07, 6.45) is -4.60. The van der Waals surface area contributed by atoms with Gasteiger partial charge in [-0.3, -0.25) is 0 Å². The van der Waals surface area contributed by atoms with Crippen LogP contribution in [0.3, 0.4) is 0 Å². The van der Waals surface area contributed by atoms with Gasteiger partial charge in [-0.1, -0.05) is 17.7 Å². The van der Waals surface area contributed by atoms with E-state index in [0.717, 1.165) is 18.2 Å². The minimum absolute atomic E-state index is 0.0652. The Kier molecular flexibility index (Phi) is 5.77. The van der Waals surface area contributed by atoms with Crippen molar-refractivity contribution >= 4 is 32.1 Å². The molecule has 0 aliphatic carbocycles. The van der Waals surface area contributed by atoms with Gasteiger partial charge in [0, 0.05) is 6.61 Å². The van der Waals surface area contributed by atoms with Crippen molar-refractivity contribution in [3.05, 3.63) is 29.8 Å². The van der Waals surface area contributed by atoms with Crippen molar-refractivity contribution in [3.63, 3.8) is 0 Å². The number of rotatable bonds is 4. The van der Waals surface area contributed by atoms with Crippen LogP contribution in [0.2, 0.25) is 0 Å². The lowest BCUT2D eigenvalue weighted by atomic mass is 9.90. The third-order valence-corrected chi connectivity index (χ3v) is 8.44. The molecule has 11 heteroatoms. The number of thiol groups is 1. The molecule has 0 saturated carbocycles. The number of benzene rings is 1. The molecule has 0 bridgehead atoms. The van der Waals surface area contributed by atoms with E-state index in [2.05, 4.69) is 0 Å². The van der Waals surface area contributed by atoms with Crippen LogP contribution in [-0.4, -0.2) is 39.5 Å². The molecule has 0 N–H and O–H groups in total. The molecule has 1 aromatic rings. The first-order valence-electron chi connectivity index (χ1n) is 7.20. The Bertz CT molecular complexity index is 814. The second-order valence-corrected chi connectivity index (χ2v) is 9.69. The third-order valence-electron chi connectivity index (χ3n) is 4.41. The topological polar surface area (TPSA) is 77.5 Å². The first-order valence-corrected chi connectivity index (χ1v) is 10.5. The second kappa shape index (κ2) is 7.05. The van der Waals surface area contributed by atoms with Crippen molar-refractivity contribution in [1.82, 2.24) is 0 Å². The summed E-state index contributed by atoms with van der Waals surface area (Å²) in [5, 5.41) is 0. The van der Waals surface area contributed by atoms with Crippen LogP contribution in [-0.2, 0) is 31.5 Å². The van der Waals surface area contributed by atoms with Gasteiger partial charge < -0.3 is 4.74 Å². The largest absolute Gasteiger partial charge is 0.416 e. The van der Waals surface area contributed by atoms with Crippen LogP contribution in [0.4, 0.5) is 13.2 Å². The van der Waals surface area contributed by atoms with Gasteiger partial charge in [0.2, 0.25) is 0 Å². The van der Waals surface area contributed by atoms with Crippen molar-refractivity contribution in [2.24, 2.45) is 5.92 Å². The van der Waals surface area contributed by atoms with Crippen LogP contribution in [0.15, 0.2) is 29.2 Å². The van der Waals surface area contributed by atoms with E-state index in [0.29, 0.717) is 6.07 Å². The molecule has 1 saturated heterocycles. The van der Waals surface area contributed by atoms with Gasteiger partial charge in [0.25, 0.3) is 0 Å². The highest BCUT2D eigenvalue weighted by Gasteiger charge is 2.55. The fourth-order valence-electron chi connectivity index (χ4n) is 2.84. The molecule has 1 fully saturated rings. The second-order valence-electron chi connectivity index (χ2n) is 5.90. The van der Waals surface area contributed by atoms with Crippen LogP contribution in [0.5, 0.6) is 0 Å². The predicted octanol–water partition coefficient (Wildman–Crippen LogP) is 2.45. The molecular weight excluding hydrogens is 405 g/mol. The van der Waals surface area contributed by atoms with Gasteiger partial charge in [-0.15, -0.1) is 0 Å². The zero-order valence-electron chi connectivity index (χ0n) is 13.0. The molecule has 3 atom stereocenters. The van der Waals surface area contributed by atoms with E-state index in [1.807, 2.05) is 0 Å². The van der Waals surface area contributed by atoms with Crippen molar-refractivity contribution in [3.8, 4) is 0 Å². The van der Waals surface area contributed by atoms with E-state index < -0.39 is 59.2 Å². The van der Waals surface area contributed by atoms with Gasteiger partial charge in [-0.2, -0.15) is 13.2 Å². The summed E-state index contributed by atoms with van der Waals surface area (Å²) in [5.41, 5.74) is -2.51. The number of ether oxygens (including phenoxy) is 1. The van der Waals surface area contributed by atoms with Gasteiger partial charge in [0.15, 0.2) is 15.4 Å². The standard InChI is InChI=1S/C14H16ClF3O5S2/c1-13(10(8-24(19)20)5-6-23-12(13)15)25(21,22)11-4-2-3-9(7-11)14(16,17)18/h2-4,7,10,12,24H,5-6,8H2,1H3. The lowest BCUT2D eigenvalue weighted by Crippen LogP contribution is -2.55. The van der Waals surface area contributed by atoms with Crippen LogP contribution in [0.25, 0.3) is 0 Å². The molecule has 1 aliphatic heterocycles. The smallest absolute Gasteiger partial charge is 0.361 e. The van der Waals surface area contributed by atoms with E-state index in [9.17, 15) is 30.0 Å². The number of alkyl halides is 4. The van der Waals surface area contributed by atoms with Crippen LogP contribution >= 0.6 is 11.6 Å². The van der Waals surface area contributed by atoms with Gasteiger partial charge in [0.05, 0.1) is 16.2 Å². The number of sulfone groups is 1. The summed E-state index contributed by atoms with van der Waals surface area (Å²) in [7, 11) is -7.31. The summed E-state index contributed by atoms with van der Waals surface area (Å²) in [6.45, 7) is 1.28. The highest BCUT2D eigenvalue weighted by molar-refractivity contribution is 7.93. The summed E-state index contributed by atoms with van der Waals surface area (Å²) in [4.78, 5) is -0.577. The van der Waals surface area contributed by atoms with Crippen molar-refractivity contribution < 1.29 is 34.7 Å². The maximum absolute atomic E-state index is 13.1. The van der Waals surface area contributed by atoms with Crippen LogP contribution in [0, 0.1) is 5.92 Å². The molecule has 25 heavy (non-hydrogen) atoms. The minimum atomic E-state index is -4.71. The van der Waals surface area contributed by atoms with E-state index in [1.165, 1.54) is 6.92 Å². The average molecular weight is 421 g/mol. The highest BCUT2D eigenvalue weighted by atomic mass is 35.5. The van der Waals surface area contributed by atoms with Crippen molar-refractivity contribution in [2.75, 3.05) is 12.4 Å². The lowest BCUT2D eigenvalue weighted by molar-refractivity contribution is -0.137. The maximum Gasteiger partial charge on any atom is 0.416 e. The Morgan fingerprint density at radius 3 is 2.56 bits per heavy atom. The highest BCUT2D eigenvalue weighted by Crippen LogP contribution is 2.44. The van der Waals surface area contributed by atoms with Crippen molar-refractivity contribution in [2.45, 2.75) is 34.7 Å². The Morgan fingerprint density at radius 2 is 2.00 bits per heavy atom. The van der Waals surface area contributed by atoms with Gasteiger partial charge in [0.1, 0.15) is 15.5 Å². The molecule has 2 rings (SSSR count). The molecule has 0 radical (unpaired) electrons. The van der Waals surface area contributed by atoms with Crippen molar-refractivity contribution in [1.29, 1.82) is 0 Å². The average Bonchev–Trinajstić information content (AvgIpc) is 2.50. The zero-order valence-corrected chi connectivity index (χ0v) is 15.5. The molecule has 0 amide bonds. The maximum atomic E-state index is 13.1. The number of halogens is 4. The van der Waals surface area contributed by atoms with Crippen LogP contribution in [0.1, 0.15) is 18.9 Å². The minimum Gasteiger partial charge on any atom is -0.361 e. The monoisotopic (exact) mass is 420 g/mol. The first kappa shape index (κ1) is 20.5. The quantitative estimate of drug-likeness (QED) is 0.598. The summed E-state index contributed by atoms with van der Waals surface area (Å²) >= 11 is 6.05. The van der Waals surface area contributed by atoms with Gasteiger partial charge in [-0.05, 0) is 37.5 Å². The molecule has 1 aliphatic rings. The predicted molar refractivity (Wildman–Crippen MR) is 85.9 cm³/mol. The van der Waals surface area contributed by atoms with Gasteiger partial charge >= 0.3 is 6.18 Å². The summed E-state index contributed by atoms with van der Waals surface area (Å²) in [6, 6.07) is 3.29. The molecular formula is C14H16ClF3O5S2. The van der Waals surface area contributed by atoms with Crippen LogP contribution < -0.4 is 0 Å². The third kappa shape index (κ3) is 3.81. The molecule has 0 aromatic heterocycles. The summed E-state index contributed by atoms with van der Waals surface area (Å²) < 4.78 is 90.3. The molecule has 0 spiro atoms. The normalized spacial score (nSPS) is 28.2. The van der Waals surface area contributed by atoms with E-state index in [1.54, 1.807) is 0 Å². The molecule has 3 unspecified atom stereocenters. The summed E-state index contributed by atoms with van der Waals surface area (Å²) in [5.74, 6) is -1.35. The Hall–Kier alpha value is -0.840. The zero-order chi connectivity index (χ0) is 19.0. The molecule has 5 nitrogen and oxygen atoms in total. The fraction of sp³-hybridized carbons (Fsp3) is 0.571. The Labute approximate surface area is 150 Å². The lowest BCUT2D eigenvalue weighted by Gasteiger charge is -2.43. The Morgan fingerprint density at radius 1 is 1.36 bits per heavy atom. The van der Waals surface area contributed by atoms with E-state index in [4.69, 9.17) is 16.3 Å².